The number of rotatable bonds is 0. The zero-order chi connectivity index (χ0) is 34.4. The van der Waals surface area contributed by atoms with Crippen LogP contribution in [0.15, 0.2) is 36.4 Å². The van der Waals surface area contributed by atoms with Gasteiger partial charge in [-0.3, -0.25) is 0 Å². The first-order valence-electron chi connectivity index (χ1n) is 15.4. The summed E-state index contributed by atoms with van der Waals surface area (Å²) in [5.41, 5.74) is 4.83. The van der Waals surface area contributed by atoms with E-state index in [-0.39, 0.29) is 77.9 Å². The minimum absolute atomic E-state index is 0. The van der Waals surface area contributed by atoms with Gasteiger partial charge in [0, 0.05) is 48.8 Å². The summed E-state index contributed by atoms with van der Waals surface area (Å²) in [6.45, 7) is 46.3. The van der Waals surface area contributed by atoms with Gasteiger partial charge in [0.25, 0.3) is 0 Å². The number of hydrogen-bond donors (Lipinski definition) is 2. The molecule has 2 aromatic rings. The van der Waals surface area contributed by atoms with Crippen LogP contribution in [0.2, 0.25) is 58.9 Å². The maximum absolute atomic E-state index is 9.84. The summed E-state index contributed by atoms with van der Waals surface area (Å²) in [7, 11) is 0.361. The van der Waals surface area contributed by atoms with Crippen LogP contribution in [-0.4, -0.2) is 36.6 Å². The van der Waals surface area contributed by atoms with Crippen LogP contribution in [0.4, 0.5) is 0 Å². The zero-order valence-corrected chi connectivity index (χ0v) is 39.5. The first-order chi connectivity index (χ1) is 18.4. The molecule has 256 valence electrons. The van der Waals surface area contributed by atoms with Crippen LogP contribution in [-0.2, 0) is 44.0 Å². The molecule has 0 aliphatic heterocycles. The van der Waals surface area contributed by atoms with Crippen molar-refractivity contribution in [2.24, 2.45) is 0 Å². The van der Waals surface area contributed by atoms with Gasteiger partial charge >= 0.3 is 0 Å². The summed E-state index contributed by atoms with van der Waals surface area (Å²) in [4.78, 5) is 0. The van der Waals surface area contributed by atoms with Gasteiger partial charge in [0.2, 0.25) is 0 Å². The van der Waals surface area contributed by atoms with Crippen molar-refractivity contribution >= 4 is 26.4 Å². The summed E-state index contributed by atoms with van der Waals surface area (Å²) < 4.78 is 0. The third kappa shape index (κ3) is 27.7. The van der Waals surface area contributed by atoms with Crippen molar-refractivity contribution in [2.45, 2.75) is 164 Å². The summed E-state index contributed by atoms with van der Waals surface area (Å²) in [6, 6.07) is 11.9. The van der Waals surface area contributed by atoms with Gasteiger partial charge in [0.1, 0.15) is 11.5 Å². The number of phenols is 2. The Morgan fingerprint density at radius 3 is 0.727 bits per heavy atom. The monoisotopic (exact) mass is 827 g/mol. The fraction of sp³-hybridized carbons (Fsp3) is 0.658. The Labute approximate surface area is 298 Å². The third-order valence-corrected chi connectivity index (χ3v) is 5.34. The molecule has 2 aromatic carbocycles. The second-order valence-corrected chi connectivity index (χ2v) is 26.0. The molecule has 0 aromatic heterocycles. The van der Waals surface area contributed by atoms with Crippen LogP contribution in [0.1, 0.15) is 105 Å². The Hall–Kier alpha value is -0.569. The molecule has 0 unspecified atom stereocenters. The predicted molar refractivity (Wildman–Crippen MR) is 207 cm³/mol. The fourth-order valence-corrected chi connectivity index (χ4v) is 3.21. The van der Waals surface area contributed by atoms with Gasteiger partial charge in [-0.05, 0) is 56.0 Å². The molecule has 0 aliphatic carbocycles. The maximum atomic E-state index is 9.84. The molecule has 0 saturated carbocycles. The molecule has 0 spiro atoms. The summed E-state index contributed by atoms with van der Waals surface area (Å²) in [6.07, 6.45) is 0. The molecule has 2 rings (SSSR count). The van der Waals surface area contributed by atoms with E-state index in [2.05, 4.69) is 154 Å². The number of hydrogen-bond acceptors (Lipinski definition) is 2. The molecule has 0 saturated heterocycles. The standard InChI is InChI=1S/2C14H22O.3C3H9Si.CH3.Ta/c2*1-13(2,3)10-7-8-12(15)11(9-10)14(4,5)6;3*1-4(2)3;;/h2*7-9,15H,1-6H3;3*1-3H3;1H3;/q;;;;;-1;. The van der Waals surface area contributed by atoms with E-state index in [0.717, 1.165) is 11.1 Å². The predicted octanol–water partition coefficient (Wildman–Crippen LogP) is 12.5. The molecule has 44 heavy (non-hydrogen) atoms. The van der Waals surface area contributed by atoms with Crippen LogP contribution < -0.4 is 0 Å². The number of benzene rings is 2. The third-order valence-electron chi connectivity index (χ3n) is 5.34. The van der Waals surface area contributed by atoms with Crippen LogP contribution in [0, 0.1) is 7.43 Å². The molecule has 0 amide bonds. The van der Waals surface area contributed by atoms with Crippen molar-refractivity contribution < 1.29 is 32.6 Å². The van der Waals surface area contributed by atoms with Gasteiger partial charge in [0.05, 0.1) is 0 Å². The van der Waals surface area contributed by atoms with Crippen LogP contribution in [0.25, 0.3) is 0 Å². The second-order valence-electron chi connectivity index (χ2n) is 17.0. The average Bonchev–Trinajstić information content (AvgIpc) is 2.70. The molecule has 0 bridgehead atoms. The van der Waals surface area contributed by atoms with Gasteiger partial charge in [-0.2, -0.15) is 0 Å². The van der Waals surface area contributed by atoms with Gasteiger partial charge in [-0.1, -0.05) is 166 Å². The molecule has 4 radical (unpaired) electrons. The van der Waals surface area contributed by atoms with Crippen LogP contribution in [0.5, 0.6) is 11.5 Å². The van der Waals surface area contributed by atoms with E-state index in [1.807, 2.05) is 12.1 Å². The molecular formula is C38H74O2Si3Ta-. The Balaban J connectivity index is -0.000000164. The van der Waals surface area contributed by atoms with Crippen LogP contribution in [0.3, 0.4) is 0 Å². The minimum atomic E-state index is -0.00859. The van der Waals surface area contributed by atoms with Crippen LogP contribution >= 0.6 is 0 Å². The Bertz CT molecular complexity index is 909. The van der Waals surface area contributed by atoms with E-state index < -0.39 is 0 Å². The Morgan fingerprint density at radius 2 is 0.591 bits per heavy atom. The van der Waals surface area contributed by atoms with Crippen molar-refractivity contribution in [1.29, 1.82) is 0 Å². The molecule has 0 heterocycles. The van der Waals surface area contributed by atoms with Crippen molar-refractivity contribution in [3.05, 3.63) is 66.1 Å². The molecular weight excluding hydrogens is 754 g/mol. The van der Waals surface area contributed by atoms with E-state index in [1.165, 1.54) is 11.1 Å². The van der Waals surface area contributed by atoms with E-state index in [4.69, 9.17) is 0 Å². The summed E-state index contributed by atoms with van der Waals surface area (Å²) >= 11 is 0. The minimum Gasteiger partial charge on any atom is -0.508 e. The van der Waals surface area contributed by atoms with E-state index in [1.54, 1.807) is 12.1 Å². The molecule has 2 N–H and O–H groups in total. The largest absolute Gasteiger partial charge is 0.508 e. The normalized spacial score (nSPS) is 11.3. The average molecular weight is 828 g/mol. The van der Waals surface area contributed by atoms with Gasteiger partial charge in [-0.15, -0.1) is 0 Å². The van der Waals surface area contributed by atoms with Crippen molar-refractivity contribution in [3.63, 3.8) is 0 Å². The molecule has 6 heteroatoms. The van der Waals surface area contributed by atoms with Gasteiger partial charge < -0.3 is 17.6 Å². The summed E-state index contributed by atoms with van der Waals surface area (Å²) in [5, 5.41) is 19.7. The van der Waals surface area contributed by atoms with E-state index >= 15 is 0 Å². The van der Waals surface area contributed by atoms with Crippen molar-refractivity contribution in [1.82, 2.24) is 0 Å². The zero-order valence-electron chi connectivity index (χ0n) is 33.3. The van der Waals surface area contributed by atoms with Gasteiger partial charge in [-0.25, -0.2) is 0 Å². The summed E-state index contributed by atoms with van der Waals surface area (Å²) in [5.74, 6) is 0.797. The Kier molecular flexibility index (Phi) is 27.5. The van der Waals surface area contributed by atoms with E-state index in [9.17, 15) is 10.2 Å². The van der Waals surface area contributed by atoms with E-state index in [0.29, 0.717) is 11.5 Å². The Morgan fingerprint density at radius 1 is 0.409 bits per heavy atom. The maximum Gasteiger partial charge on any atom is 0.119 e. The number of aromatic hydroxyl groups is 2. The number of phenolic OH excluding ortho intramolecular Hbond substituents is 2. The quantitative estimate of drug-likeness (QED) is 0.205. The smallest absolute Gasteiger partial charge is 0.119 e. The van der Waals surface area contributed by atoms with Gasteiger partial charge in [0.15, 0.2) is 0 Å². The molecule has 0 atom stereocenters. The first kappa shape index (κ1) is 52.9. The second kappa shape index (κ2) is 22.9. The topological polar surface area (TPSA) is 40.5 Å². The first-order valence-corrected chi connectivity index (χ1v) is 24.4. The molecule has 0 aliphatic rings. The van der Waals surface area contributed by atoms with Crippen molar-refractivity contribution in [3.8, 4) is 11.5 Å². The fourth-order valence-electron chi connectivity index (χ4n) is 3.21. The SMILES string of the molecule is CC(C)(C)c1ccc(O)c(C(C)(C)C)c1.CC(C)(C)c1ccc(O)c(C(C)(C)C)c1.C[Si](C)C.C[Si](C)C.C[Si](C)C.[CH3-].[Ta]. The molecule has 2 nitrogen and oxygen atoms in total. The molecule has 0 fully saturated rings. The van der Waals surface area contributed by atoms with Crippen molar-refractivity contribution in [2.75, 3.05) is 0 Å².